The van der Waals surface area contributed by atoms with E-state index in [1.807, 2.05) is 0 Å². The molecule has 2 N–H and O–H groups in total. The van der Waals surface area contributed by atoms with Crippen LogP contribution in [0.4, 0.5) is 0 Å². The second kappa shape index (κ2) is 9.27. The van der Waals surface area contributed by atoms with Gasteiger partial charge in [-0.2, -0.15) is 0 Å². The molecule has 0 spiro atoms. The van der Waals surface area contributed by atoms with Crippen molar-refractivity contribution in [2.24, 2.45) is 0 Å². The van der Waals surface area contributed by atoms with Gasteiger partial charge in [0.2, 0.25) is 0 Å². The maximum absolute atomic E-state index is 11.8. The number of hydrogen-bond donors (Lipinski definition) is 2. The minimum absolute atomic E-state index is 0.230. The molecule has 0 aliphatic heterocycles. The Balaban J connectivity index is 1.81. The Morgan fingerprint density at radius 2 is 1.71 bits per heavy atom. The van der Waals surface area contributed by atoms with Gasteiger partial charge in [0.05, 0.1) is 6.26 Å². The summed E-state index contributed by atoms with van der Waals surface area (Å²) in [5.74, 6) is 0.100. The van der Waals surface area contributed by atoms with Crippen LogP contribution in [0.2, 0.25) is 0 Å². The number of carbonyl (C=O) groups is 1. The Labute approximate surface area is 127 Å². The third-order valence-electron chi connectivity index (χ3n) is 3.87. The second-order valence-corrected chi connectivity index (χ2v) is 5.65. The second-order valence-electron chi connectivity index (χ2n) is 5.65. The molecule has 0 fully saturated rings. The summed E-state index contributed by atoms with van der Waals surface area (Å²) in [7, 11) is 0. The van der Waals surface area contributed by atoms with Crippen LogP contribution in [0.3, 0.4) is 0 Å². The van der Waals surface area contributed by atoms with Gasteiger partial charge in [-0.05, 0) is 37.8 Å². The molecule has 116 valence electrons. The van der Waals surface area contributed by atoms with Crippen LogP contribution in [0, 0.1) is 0 Å². The van der Waals surface area contributed by atoms with Crippen LogP contribution in [-0.2, 0) is 0 Å². The van der Waals surface area contributed by atoms with Crippen molar-refractivity contribution in [2.75, 3.05) is 0 Å². The lowest BCUT2D eigenvalue weighted by Crippen LogP contribution is -2.36. The first-order valence-corrected chi connectivity index (χ1v) is 8.15. The van der Waals surface area contributed by atoms with Crippen LogP contribution < -0.4 is 10.9 Å². The number of furan rings is 1. The zero-order chi connectivity index (χ0) is 14.8. The number of hydrogen-bond acceptors (Lipinski definition) is 3. The monoisotopic (exact) mass is 290 g/mol. The standard InChI is InChI=1S/C17H26N2O2/c20-17(16-13-10-14-21-16)19-18-15-11-8-6-4-2-1-3-5-7-9-12-15/h10-11,13-14,18H,1-9,12H2,(H,19,20). The fraction of sp³-hybridized carbons (Fsp3) is 0.588. The molecule has 2 rings (SSSR count). The summed E-state index contributed by atoms with van der Waals surface area (Å²) in [6.45, 7) is 0. The van der Waals surface area contributed by atoms with Crippen molar-refractivity contribution in [1.82, 2.24) is 10.9 Å². The predicted octanol–water partition coefficient (Wildman–Crippen LogP) is 4.31. The van der Waals surface area contributed by atoms with Gasteiger partial charge in [-0.3, -0.25) is 10.2 Å². The SMILES string of the molecule is O=C(NNC1=CCCCCCCCCCC1)c1ccco1. The molecule has 0 saturated heterocycles. The third-order valence-corrected chi connectivity index (χ3v) is 3.87. The summed E-state index contributed by atoms with van der Waals surface area (Å²) >= 11 is 0. The van der Waals surface area contributed by atoms with Crippen LogP contribution >= 0.6 is 0 Å². The lowest BCUT2D eigenvalue weighted by Gasteiger charge is -2.13. The number of amides is 1. The summed E-state index contributed by atoms with van der Waals surface area (Å²) in [6, 6.07) is 3.37. The van der Waals surface area contributed by atoms with Gasteiger partial charge < -0.3 is 9.84 Å². The van der Waals surface area contributed by atoms with E-state index in [0.29, 0.717) is 5.76 Å². The molecular formula is C17H26N2O2. The Morgan fingerprint density at radius 1 is 1.00 bits per heavy atom. The van der Waals surface area contributed by atoms with Crippen LogP contribution in [0.25, 0.3) is 0 Å². The molecule has 1 heterocycles. The molecule has 1 amide bonds. The van der Waals surface area contributed by atoms with E-state index in [4.69, 9.17) is 4.42 Å². The summed E-state index contributed by atoms with van der Waals surface area (Å²) in [4.78, 5) is 11.8. The zero-order valence-electron chi connectivity index (χ0n) is 12.7. The molecule has 4 heteroatoms. The average Bonchev–Trinajstić information content (AvgIpc) is 3.01. The maximum Gasteiger partial charge on any atom is 0.305 e. The van der Waals surface area contributed by atoms with Gasteiger partial charge in [0.25, 0.3) is 0 Å². The lowest BCUT2D eigenvalue weighted by molar-refractivity contribution is 0.0910. The van der Waals surface area contributed by atoms with Crippen LogP contribution in [0.1, 0.15) is 74.8 Å². The number of nitrogens with one attached hydrogen (secondary N) is 2. The topological polar surface area (TPSA) is 54.3 Å². The molecule has 1 aromatic rings. The fourth-order valence-corrected chi connectivity index (χ4v) is 2.62. The van der Waals surface area contributed by atoms with Crippen molar-refractivity contribution in [3.8, 4) is 0 Å². The summed E-state index contributed by atoms with van der Waals surface area (Å²) < 4.78 is 5.08. The zero-order valence-corrected chi connectivity index (χ0v) is 12.7. The minimum Gasteiger partial charge on any atom is -0.459 e. The summed E-state index contributed by atoms with van der Waals surface area (Å²) in [6.07, 6.45) is 16.2. The van der Waals surface area contributed by atoms with Crippen molar-refractivity contribution in [1.29, 1.82) is 0 Å². The third kappa shape index (κ3) is 6.06. The van der Waals surface area contributed by atoms with Crippen molar-refractivity contribution in [3.05, 3.63) is 35.9 Å². The predicted molar refractivity (Wildman–Crippen MR) is 83.6 cm³/mol. The van der Waals surface area contributed by atoms with E-state index >= 15 is 0 Å². The van der Waals surface area contributed by atoms with Gasteiger partial charge in [0.1, 0.15) is 0 Å². The van der Waals surface area contributed by atoms with E-state index in [2.05, 4.69) is 16.9 Å². The lowest BCUT2D eigenvalue weighted by atomic mass is 10.0. The molecule has 4 nitrogen and oxygen atoms in total. The van der Waals surface area contributed by atoms with Crippen molar-refractivity contribution in [3.63, 3.8) is 0 Å². The molecule has 0 unspecified atom stereocenters. The number of hydrazine groups is 1. The maximum atomic E-state index is 11.8. The Kier molecular flexibility index (Phi) is 6.92. The fourth-order valence-electron chi connectivity index (χ4n) is 2.62. The Hall–Kier alpha value is -1.71. The van der Waals surface area contributed by atoms with E-state index in [0.717, 1.165) is 18.5 Å². The van der Waals surface area contributed by atoms with Crippen LogP contribution in [-0.4, -0.2) is 5.91 Å². The van der Waals surface area contributed by atoms with E-state index in [1.54, 1.807) is 12.1 Å². The van der Waals surface area contributed by atoms with Crippen molar-refractivity contribution in [2.45, 2.75) is 64.2 Å². The number of carbonyl (C=O) groups excluding carboxylic acids is 1. The van der Waals surface area contributed by atoms with Gasteiger partial charge in [0.15, 0.2) is 5.76 Å². The first kappa shape index (κ1) is 15.7. The Bertz CT molecular complexity index is 438. The van der Waals surface area contributed by atoms with Gasteiger partial charge in [-0.1, -0.05) is 44.6 Å². The molecule has 0 atom stereocenters. The van der Waals surface area contributed by atoms with Gasteiger partial charge in [-0.15, -0.1) is 0 Å². The highest BCUT2D eigenvalue weighted by Crippen LogP contribution is 2.15. The molecule has 0 bridgehead atoms. The molecule has 0 aromatic carbocycles. The first-order valence-electron chi connectivity index (χ1n) is 8.15. The van der Waals surface area contributed by atoms with Gasteiger partial charge >= 0.3 is 5.91 Å². The molecular weight excluding hydrogens is 264 g/mol. The van der Waals surface area contributed by atoms with Crippen molar-refractivity contribution < 1.29 is 9.21 Å². The number of rotatable bonds is 3. The quantitative estimate of drug-likeness (QED) is 0.815. The van der Waals surface area contributed by atoms with E-state index < -0.39 is 0 Å². The highest BCUT2D eigenvalue weighted by molar-refractivity contribution is 5.91. The number of allylic oxidation sites excluding steroid dienone is 2. The van der Waals surface area contributed by atoms with E-state index in [1.165, 1.54) is 57.6 Å². The normalized spacial score (nSPS) is 18.0. The summed E-state index contributed by atoms with van der Waals surface area (Å²) in [5.41, 5.74) is 6.90. The van der Waals surface area contributed by atoms with E-state index in [-0.39, 0.29) is 5.91 Å². The molecule has 0 saturated carbocycles. The molecule has 1 aliphatic rings. The molecule has 1 aliphatic carbocycles. The van der Waals surface area contributed by atoms with Gasteiger partial charge in [-0.25, -0.2) is 0 Å². The highest BCUT2D eigenvalue weighted by atomic mass is 16.3. The van der Waals surface area contributed by atoms with Gasteiger partial charge in [0, 0.05) is 5.70 Å². The largest absolute Gasteiger partial charge is 0.459 e. The molecule has 0 radical (unpaired) electrons. The van der Waals surface area contributed by atoms with Crippen molar-refractivity contribution >= 4 is 5.91 Å². The smallest absolute Gasteiger partial charge is 0.305 e. The first-order chi connectivity index (χ1) is 10.4. The minimum atomic E-state index is -0.230. The molecule has 1 aromatic heterocycles. The Morgan fingerprint density at radius 3 is 2.43 bits per heavy atom. The van der Waals surface area contributed by atoms with E-state index in [9.17, 15) is 4.79 Å². The average molecular weight is 290 g/mol. The molecule has 21 heavy (non-hydrogen) atoms. The highest BCUT2D eigenvalue weighted by Gasteiger charge is 2.08. The van der Waals surface area contributed by atoms with Crippen LogP contribution in [0.15, 0.2) is 34.6 Å². The summed E-state index contributed by atoms with van der Waals surface area (Å²) in [5, 5.41) is 0. The van der Waals surface area contributed by atoms with Crippen LogP contribution in [0.5, 0.6) is 0 Å².